The first kappa shape index (κ1) is 15.6. The minimum Gasteiger partial charge on any atom is -0.469 e. The van der Waals surface area contributed by atoms with Crippen molar-refractivity contribution in [3.63, 3.8) is 0 Å². The molecule has 0 fully saturated rings. The van der Waals surface area contributed by atoms with E-state index in [9.17, 15) is 4.79 Å². The zero-order chi connectivity index (χ0) is 15.9. The van der Waals surface area contributed by atoms with Crippen molar-refractivity contribution < 1.29 is 14.3 Å². The molecule has 0 spiro atoms. The van der Waals surface area contributed by atoms with Crippen LogP contribution < -0.4 is 4.74 Å². The van der Waals surface area contributed by atoms with E-state index >= 15 is 0 Å². The fourth-order valence-corrected chi connectivity index (χ4v) is 2.12. The van der Waals surface area contributed by atoms with Gasteiger partial charge in [0.05, 0.1) is 18.7 Å². The van der Waals surface area contributed by atoms with E-state index in [0.29, 0.717) is 29.9 Å². The number of hydrogen-bond acceptors (Lipinski definition) is 4. The van der Waals surface area contributed by atoms with E-state index in [1.165, 1.54) is 7.11 Å². The maximum absolute atomic E-state index is 11.2. The molecule has 0 bridgehead atoms. The summed E-state index contributed by atoms with van der Waals surface area (Å²) in [6.07, 6.45) is 1.00. The highest BCUT2D eigenvalue weighted by atomic mass is 16.5. The highest BCUT2D eigenvalue weighted by Gasteiger charge is 2.06. The van der Waals surface area contributed by atoms with E-state index in [1.54, 1.807) is 24.3 Å². The molecule has 0 aromatic heterocycles. The van der Waals surface area contributed by atoms with Gasteiger partial charge in [-0.2, -0.15) is 5.26 Å². The maximum atomic E-state index is 11.2. The lowest BCUT2D eigenvalue weighted by molar-refractivity contribution is -0.140. The van der Waals surface area contributed by atoms with Gasteiger partial charge in [-0.3, -0.25) is 4.79 Å². The molecule has 2 aromatic rings. The highest BCUT2D eigenvalue weighted by Crippen LogP contribution is 2.25. The van der Waals surface area contributed by atoms with Crippen molar-refractivity contribution in [3.8, 4) is 17.6 Å². The first-order chi connectivity index (χ1) is 10.6. The van der Waals surface area contributed by atoms with Crippen molar-refractivity contribution in [2.45, 2.75) is 19.8 Å². The summed E-state index contributed by atoms with van der Waals surface area (Å²) in [6, 6.07) is 14.8. The molecule has 0 unspecified atom stereocenters. The monoisotopic (exact) mass is 295 g/mol. The van der Waals surface area contributed by atoms with E-state index in [1.807, 2.05) is 25.1 Å². The van der Waals surface area contributed by atoms with Gasteiger partial charge in [-0.05, 0) is 54.8 Å². The molecular formula is C18H17NO3. The molecule has 2 rings (SSSR count). The lowest BCUT2D eigenvalue weighted by atomic mass is 10.0. The van der Waals surface area contributed by atoms with Gasteiger partial charge in [-0.1, -0.05) is 12.1 Å². The molecule has 0 aliphatic carbocycles. The number of nitriles is 1. The number of aryl methyl sites for hydroxylation is 2. The van der Waals surface area contributed by atoms with Crippen LogP contribution in [0.4, 0.5) is 0 Å². The Bertz CT molecular complexity index is 717. The van der Waals surface area contributed by atoms with Gasteiger partial charge in [0.1, 0.15) is 11.5 Å². The summed E-state index contributed by atoms with van der Waals surface area (Å²) in [5.41, 5.74) is 2.70. The molecule has 2 aromatic carbocycles. The van der Waals surface area contributed by atoms with Crippen molar-refractivity contribution in [2.75, 3.05) is 7.11 Å². The SMILES string of the molecule is COC(=O)CCc1ccc(Oc2cccc(C#N)c2)cc1C. The average Bonchev–Trinajstić information content (AvgIpc) is 2.54. The quantitative estimate of drug-likeness (QED) is 0.788. The maximum Gasteiger partial charge on any atom is 0.305 e. The molecule has 0 heterocycles. The Morgan fingerprint density at radius 2 is 1.95 bits per heavy atom. The van der Waals surface area contributed by atoms with Crippen molar-refractivity contribution in [1.29, 1.82) is 5.26 Å². The molecule has 0 atom stereocenters. The smallest absolute Gasteiger partial charge is 0.305 e. The van der Waals surface area contributed by atoms with Crippen molar-refractivity contribution >= 4 is 5.97 Å². The van der Waals surface area contributed by atoms with Crippen molar-refractivity contribution in [2.24, 2.45) is 0 Å². The van der Waals surface area contributed by atoms with Crippen LogP contribution in [0.15, 0.2) is 42.5 Å². The molecule has 0 aliphatic rings. The van der Waals surface area contributed by atoms with Crippen LogP contribution in [0.5, 0.6) is 11.5 Å². The Morgan fingerprint density at radius 1 is 1.18 bits per heavy atom. The van der Waals surface area contributed by atoms with E-state index in [2.05, 4.69) is 10.8 Å². The van der Waals surface area contributed by atoms with E-state index in [4.69, 9.17) is 10.00 Å². The minimum absolute atomic E-state index is 0.215. The van der Waals surface area contributed by atoms with Crippen LogP contribution in [0, 0.1) is 18.3 Å². The molecule has 0 N–H and O–H groups in total. The van der Waals surface area contributed by atoms with Gasteiger partial charge in [0.25, 0.3) is 0 Å². The molecule has 0 radical (unpaired) electrons. The summed E-state index contributed by atoms with van der Waals surface area (Å²) in [7, 11) is 1.39. The Labute approximate surface area is 129 Å². The Balaban J connectivity index is 2.08. The molecular weight excluding hydrogens is 278 g/mol. The highest BCUT2D eigenvalue weighted by molar-refractivity contribution is 5.69. The molecule has 0 amide bonds. The zero-order valence-corrected chi connectivity index (χ0v) is 12.6. The third kappa shape index (κ3) is 4.10. The first-order valence-corrected chi connectivity index (χ1v) is 6.96. The van der Waals surface area contributed by atoms with Gasteiger partial charge in [-0.25, -0.2) is 0 Å². The second-order valence-corrected chi connectivity index (χ2v) is 4.91. The summed E-state index contributed by atoms with van der Waals surface area (Å²) in [5, 5.41) is 8.89. The minimum atomic E-state index is -0.215. The van der Waals surface area contributed by atoms with Gasteiger partial charge in [-0.15, -0.1) is 0 Å². The fraction of sp³-hybridized carbons (Fsp3) is 0.222. The number of nitrogens with zero attached hydrogens (tertiary/aromatic N) is 1. The number of hydrogen-bond donors (Lipinski definition) is 0. The zero-order valence-electron chi connectivity index (χ0n) is 12.6. The summed E-state index contributed by atoms with van der Waals surface area (Å²) in [5.74, 6) is 1.11. The van der Waals surface area contributed by atoms with Crippen molar-refractivity contribution in [3.05, 3.63) is 59.2 Å². The fourth-order valence-electron chi connectivity index (χ4n) is 2.12. The Kier molecular flexibility index (Phi) is 5.16. The van der Waals surface area contributed by atoms with E-state index in [0.717, 1.165) is 11.1 Å². The van der Waals surface area contributed by atoms with Crippen LogP contribution in [-0.4, -0.2) is 13.1 Å². The molecule has 4 nitrogen and oxygen atoms in total. The molecule has 112 valence electrons. The van der Waals surface area contributed by atoms with Crippen LogP contribution in [0.25, 0.3) is 0 Å². The second-order valence-electron chi connectivity index (χ2n) is 4.91. The van der Waals surface area contributed by atoms with Gasteiger partial charge in [0.15, 0.2) is 0 Å². The van der Waals surface area contributed by atoms with Gasteiger partial charge >= 0.3 is 5.97 Å². The molecule has 0 saturated heterocycles. The Morgan fingerprint density at radius 3 is 2.64 bits per heavy atom. The van der Waals surface area contributed by atoms with Crippen molar-refractivity contribution in [1.82, 2.24) is 0 Å². The average molecular weight is 295 g/mol. The Hall–Kier alpha value is -2.80. The lowest BCUT2D eigenvalue weighted by Crippen LogP contribution is -2.02. The predicted molar refractivity (Wildman–Crippen MR) is 82.7 cm³/mol. The number of benzene rings is 2. The third-order valence-electron chi connectivity index (χ3n) is 3.34. The second kappa shape index (κ2) is 7.28. The number of carbonyl (C=O) groups excluding carboxylic acids is 1. The van der Waals surface area contributed by atoms with Crippen LogP contribution in [0.1, 0.15) is 23.1 Å². The third-order valence-corrected chi connectivity index (χ3v) is 3.34. The summed E-state index contributed by atoms with van der Waals surface area (Å²) in [6.45, 7) is 1.98. The van der Waals surface area contributed by atoms with Crippen LogP contribution in [-0.2, 0) is 16.0 Å². The first-order valence-electron chi connectivity index (χ1n) is 6.96. The number of methoxy groups -OCH3 is 1. The molecule has 22 heavy (non-hydrogen) atoms. The van der Waals surface area contributed by atoms with E-state index < -0.39 is 0 Å². The summed E-state index contributed by atoms with van der Waals surface area (Å²) < 4.78 is 10.4. The molecule has 0 aliphatic heterocycles. The van der Waals surface area contributed by atoms with Crippen LogP contribution in [0.3, 0.4) is 0 Å². The van der Waals surface area contributed by atoms with E-state index in [-0.39, 0.29) is 5.97 Å². The topological polar surface area (TPSA) is 59.3 Å². The summed E-state index contributed by atoms with van der Waals surface area (Å²) >= 11 is 0. The predicted octanol–water partition coefficient (Wildman–Crippen LogP) is 3.76. The number of esters is 1. The van der Waals surface area contributed by atoms with Crippen LogP contribution in [0.2, 0.25) is 0 Å². The van der Waals surface area contributed by atoms with Gasteiger partial charge < -0.3 is 9.47 Å². The lowest BCUT2D eigenvalue weighted by Gasteiger charge is -2.10. The van der Waals surface area contributed by atoms with Gasteiger partial charge in [0, 0.05) is 6.42 Å². The van der Waals surface area contributed by atoms with Gasteiger partial charge in [0.2, 0.25) is 0 Å². The standard InChI is InChI=1S/C18H17NO3/c1-13-10-17(8-6-15(13)7-9-18(20)21-2)22-16-5-3-4-14(11-16)12-19/h3-6,8,10-11H,7,9H2,1-2H3. The normalized spacial score (nSPS) is 9.86. The molecule has 0 saturated carbocycles. The summed E-state index contributed by atoms with van der Waals surface area (Å²) in [4.78, 5) is 11.2. The number of ether oxygens (including phenoxy) is 2. The largest absolute Gasteiger partial charge is 0.469 e. The molecule has 4 heteroatoms. The van der Waals surface area contributed by atoms with Crippen LogP contribution >= 0.6 is 0 Å². The number of rotatable bonds is 5. The number of carbonyl (C=O) groups is 1.